The topological polar surface area (TPSA) is 0 Å². The molecule has 0 bridgehead atoms. The molecule has 6 atom stereocenters. The van der Waals surface area contributed by atoms with Crippen LogP contribution in [-0.4, -0.2) is 0 Å². The van der Waals surface area contributed by atoms with Crippen LogP contribution < -0.4 is 0 Å². The molecule has 6 unspecified atom stereocenters. The average molecular weight is 411 g/mol. The van der Waals surface area contributed by atoms with E-state index in [1.54, 1.807) is 96.3 Å². The molecule has 0 radical (unpaired) electrons. The maximum atomic E-state index is 2.75. The smallest absolute Gasteiger partial charge is 0.0227 e. The van der Waals surface area contributed by atoms with Crippen molar-refractivity contribution in [2.75, 3.05) is 0 Å². The molecule has 0 aliphatic heterocycles. The third-order valence-electron chi connectivity index (χ3n) is 12.5. The van der Waals surface area contributed by atoms with Crippen LogP contribution in [0.2, 0.25) is 0 Å². The highest BCUT2D eigenvalue weighted by Gasteiger charge is 2.75. The highest BCUT2D eigenvalue weighted by molar-refractivity contribution is 5.23. The molecule has 6 aliphatic rings. The van der Waals surface area contributed by atoms with Crippen molar-refractivity contribution >= 4 is 0 Å². The lowest BCUT2D eigenvalue weighted by Crippen LogP contribution is -2.50. The molecule has 0 heterocycles. The Hall–Kier alpha value is 0. The number of hydrogen-bond donors (Lipinski definition) is 0. The van der Waals surface area contributed by atoms with Crippen LogP contribution in [0, 0.1) is 58.2 Å². The van der Waals surface area contributed by atoms with E-state index in [2.05, 4.69) is 13.8 Å². The second-order valence-corrected chi connectivity index (χ2v) is 13.5. The van der Waals surface area contributed by atoms with Crippen LogP contribution in [0.15, 0.2) is 0 Å². The minimum Gasteiger partial charge on any atom is -0.0654 e. The van der Waals surface area contributed by atoms with E-state index in [4.69, 9.17) is 0 Å². The molecule has 0 aromatic rings. The fourth-order valence-corrected chi connectivity index (χ4v) is 10.9. The molecular weight excluding hydrogens is 360 g/mol. The molecule has 6 saturated carbocycles. The van der Waals surface area contributed by atoms with Crippen LogP contribution in [0.25, 0.3) is 0 Å². The van der Waals surface area contributed by atoms with Gasteiger partial charge >= 0.3 is 0 Å². The summed E-state index contributed by atoms with van der Waals surface area (Å²) in [5, 5.41) is 0. The maximum absolute atomic E-state index is 2.75. The van der Waals surface area contributed by atoms with E-state index in [0.29, 0.717) is 0 Å². The quantitative estimate of drug-likeness (QED) is 0.374. The second kappa shape index (κ2) is 7.80. The Bertz CT molecular complexity index is 600. The molecule has 6 fully saturated rings. The Morgan fingerprint density at radius 3 is 2.00 bits per heavy atom. The molecule has 6 rings (SSSR count). The van der Waals surface area contributed by atoms with Gasteiger partial charge in [-0.1, -0.05) is 90.9 Å². The van der Waals surface area contributed by atoms with E-state index in [9.17, 15) is 0 Å². The molecular formula is C30H50. The van der Waals surface area contributed by atoms with Crippen molar-refractivity contribution in [3.05, 3.63) is 0 Å². The molecule has 170 valence electrons. The fourth-order valence-electron chi connectivity index (χ4n) is 10.9. The van der Waals surface area contributed by atoms with Crippen molar-refractivity contribution in [2.24, 2.45) is 58.2 Å². The summed E-state index contributed by atoms with van der Waals surface area (Å²) in [4.78, 5) is 0. The summed E-state index contributed by atoms with van der Waals surface area (Å²) >= 11 is 0. The van der Waals surface area contributed by atoms with Gasteiger partial charge in [-0.25, -0.2) is 0 Å². The first-order valence-electron chi connectivity index (χ1n) is 14.7. The van der Waals surface area contributed by atoms with Crippen molar-refractivity contribution in [1.82, 2.24) is 0 Å². The lowest BCUT2D eigenvalue weighted by atomic mass is 9.46. The van der Waals surface area contributed by atoms with Gasteiger partial charge in [0.1, 0.15) is 0 Å². The van der Waals surface area contributed by atoms with E-state index >= 15 is 0 Å². The fraction of sp³-hybridized carbons (Fsp3) is 1.00. The average Bonchev–Trinajstić information content (AvgIpc) is 2.98. The van der Waals surface area contributed by atoms with Gasteiger partial charge in [0.15, 0.2) is 0 Å². The van der Waals surface area contributed by atoms with Crippen molar-refractivity contribution in [3.8, 4) is 0 Å². The van der Waals surface area contributed by atoms with Gasteiger partial charge in [0, 0.05) is 0 Å². The lowest BCUT2D eigenvalue weighted by Gasteiger charge is -2.58. The van der Waals surface area contributed by atoms with Crippen molar-refractivity contribution in [3.63, 3.8) is 0 Å². The third-order valence-corrected chi connectivity index (χ3v) is 12.5. The van der Waals surface area contributed by atoms with Crippen LogP contribution >= 0.6 is 0 Å². The Morgan fingerprint density at radius 2 is 1.47 bits per heavy atom. The lowest BCUT2D eigenvalue weighted by molar-refractivity contribution is -0.0928. The number of hydrogen-bond acceptors (Lipinski definition) is 0. The summed E-state index contributed by atoms with van der Waals surface area (Å²) in [6, 6.07) is 0. The molecule has 0 aromatic carbocycles. The van der Waals surface area contributed by atoms with Gasteiger partial charge in [0.2, 0.25) is 0 Å². The second-order valence-electron chi connectivity index (χ2n) is 13.5. The zero-order valence-electron chi connectivity index (χ0n) is 20.3. The van der Waals surface area contributed by atoms with Gasteiger partial charge in [0.05, 0.1) is 0 Å². The molecule has 0 aromatic heterocycles. The first-order chi connectivity index (χ1) is 14.7. The molecule has 30 heavy (non-hydrogen) atoms. The predicted molar refractivity (Wildman–Crippen MR) is 127 cm³/mol. The molecule has 1 spiro atoms. The third kappa shape index (κ3) is 2.96. The first-order valence-corrected chi connectivity index (χ1v) is 14.7. The molecule has 0 nitrogen and oxygen atoms in total. The van der Waals surface area contributed by atoms with E-state index in [1.165, 1.54) is 31.1 Å². The maximum Gasteiger partial charge on any atom is -0.0227 e. The van der Waals surface area contributed by atoms with Gasteiger partial charge < -0.3 is 0 Å². The van der Waals surface area contributed by atoms with E-state index < -0.39 is 0 Å². The largest absolute Gasteiger partial charge is 0.0654 e. The molecule has 0 heteroatoms. The van der Waals surface area contributed by atoms with Crippen molar-refractivity contribution < 1.29 is 0 Å². The van der Waals surface area contributed by atoms with Crippen LogP contribution in [0.3, 0.4) is 0 Å². The number of rotatable bonds is 8. The van der Waals surface area contributed by atoms with Crippen LogP contribution in [0.1, 0.15) is 129 Å². The summed E-state index contributed by atoms with van der Waals surface area (Å²) in [7, 11) is 0. The highest BCUT2D eigenvalue weighted by Crippen LogP contribution is 2.82. The summed E-state index contributed by atoms with van der Waals surface area (Å²) in [5.41, 5.74) is 1.64. The van der Waals surface area contributed by atoms with Gasteiger partial charge in [-0.15, -0.1) is 0 Å². The zero-order valence-corrected chi connectivity index (χ0v) is 20.3. The Balaban J connectivity index is 1.29. The van der Waals surface area contributed by atoms with E-state index in [-0.39, 0.29) is 0 Å². The zero-order chi connectivity index (χ0) is 20.3. The van der Waals surface area contributed by atoms with Crippen molar-refractivity contribution in [2.45, 2.75) is 129 Å². The van der Waals surface area contributed by atoms with Gasteiger partial charge in [-0.3, -0.25) is 0 Å². The summed E-state index contributed by atoms with van der Waals surface area (Å²) < 4.78 is 0. The SMILES string of the molecule is CCCC1CCC(C2C(C3(C(C4CCC4)C(C)C4CCC4)CCC3)C23CCCC3)C1. The first kappa shape index (κ1) is 20.6. The summed E-state index contributed by atoms with van der Waals surface area (Å²) in [5.74, 6) is 8.93. The van der Waals surface area contributed by atoms with Crippen LogP contribution in [-0.2, 0) is 0 Å². The Labute approximate surface area is 187 Å². The minimum absolute atomic E-state index is 0.804. The summed E-state index contributed by atoms with van der Waals surface area (Å²) in [6.45, 7) is 5.17. The molecule has 0 amide bonds. The van der Waals surface area contributed by atoms with Gasteiger partial charge in [-0.05, 0) is 96.7 Å². The standard InChI is InChI=1S/C30H50/c1-3-9-22-14-15-25(20-22)27-28(30(27)16-4-5-17-30)29(18-8-19-29)26(24-12-7-13-24)21(2)23-10-6-11-23/h21-28H,3-20H2,1-2H3. The molecule has 6 aliphatic carbocycles. The molecule has 0 N–H and O–H groups in total. The van der Waals surface area contributed by atoms with Gasteiger partial charge in [-0.2, -0.15) is 0 Å². The Kier molecular flexibility index (Phi) is 5.35. The normalized spacial score (nSPS) is 41.8. The Morgan fingerprint density at radius 1 is 0.767 bits per heavy atom. The van der Waals surface area contributed by atoms with Crippen LogP contribution in [0.4, 0.5) is 0 Å². The van der Waals surface area contributed by atoms with Gasteiger partial charge in [0.25, 0.3) is 0 Å². The molecule has 0 saturated heterocycles. The predicted octanol–water partition coefficient (Wildman–Crippen LogP) is 9.03. The highest BCUT2D eigenvalue weighted by atomic mass is 14.8. The minimum atomic E-state index is 0.804. The monoisotopic (exact) mass is 410 g/mol. The van der Waals surface area contributed by atoms with Crippen molar-refractivity contribution in [1.29, 1.82) is 0 Å². The van der Waals surface area contributed by atoms with E-state index in [1.807, 2.05) is 0 Å². The summed E-state index contributed by atoms with van der Waals surface area (Å²) in [6.07, 6.45) is 28.4. The van der Waals surface area contributed by atoms with Crippen LogP contribution in [0.5, 0.6) is 0 Å². The van der Waals surface area contributed by atoms with E-state index in [0.717, 1.165) is 46.3 Å².